The van der Waals surface area contributed by atoms with Gasteiger partial charge in [-0.3, -0.25) is 0 Å². The predicted molar refractivity (Wildman–Crippen MR) is 85.2 cm³/mol. The molecular formula is C16H13Cl2N3. The summed E-state index contributed by atoms with van der Waals surface area (Å²) < 4.78 is 1.77. The van der Waals surface area contributed by atoms with E-state index in [-0.39, 0.29) is 0 Å². The van der Waals surface area contributed by atoms with E-state index in [0.717, 1.165) is 29.8 Å². The molecule has 0 radical (unpaired) electrons. The fourth-order valence-electron chi connectivity index (χ4n) is 2.14. The summed E-state index contributed by atoms with van der Waals surface area (Å²) in [6.45, 7) is 0. The number of nitrogens with zero attached hydrogens (tertiary/aromatic N) is 3. The standard InChI is InChI=1S/C16H13Cl2N3/c17-15-7-4-8-16(18)14(15)10-9-12-11-21(20-19-12)13-5-2-1-3-6-13/h1-8,11H,9-10H2. The third-order valence-corrected chi connectivity index (χ3v) is 3.96. The van der Waals surface area contributed by atoms with Crippen molar-refractivity contribution in [3.05, 3.63) is 76.0 Å². The van der Waals surface area contributed by atoms with Gasteiger partial charge in [0, 0.05) is 10.0 Å². The Labute approximate surface area is 133 Å². The van der Waals surface area contributed by atoms with Crippen molar-refractivity contribution in [2.75, 3.05) is 0 Å². The maximum Gasteiger partial charge on any atom is 0.0835 e. The Hall–Kier alpha value is -1.84. The average molecular weight is 318 g/mol. The first-order valence-electron chi connectivity index (χ1n) is 6.63. The van der Waals surface area contributed by atoms with Crippen molar-refractivity contribution >= 4 is 23.2 Å². The van der Waals surface area contributed by atoms with Crippen LogP contribution in [0.1, 0.15) is 11.3 Å². The van der Waals surface area contributed by atoms with E-state index in [4.69, 9.17) is 23.2 Å². The van der Waals surface area contributed by atoms with Gasteiger partial charge in [0.1, 0.15) is 0 Å². The van der Waals surface area contributed by atoms with Crippen LogP contribution in [0.15, 0.2) is 54.7 Å². The van der Waals surface area contributed by atoms with Gasteiger partial charge in [0.2, 0.25) is 0 Å². The fraction of sp³-hybridized carbons (Fsp3) is 0.125. The van der Waals surface area contributed by atoms with Gasteiger partial charge in [-0.2, -0.15) is 0 Å². The minimum Gasteiger partial charge on any atom is -0.220 e. The Morgan fingerprint density at radius 2 is 1.57 bits per heavy atom. The van der Waals surface area contributed by atoms with Gasteiger partial charge >= 0.3 is 0 Å². The highest BCUT2D eigenvalue weighted by Crippen LogP contribution is 2.25. The molecule has 0 aliphatic rings. The van der Waals surface area contributed by atoms with Crippen LogP contribution in [-0.4, -0.2) is 15.0 Å². The summed E-state index contributed by atoms with van der Waals surface area (Å²) in [6, 6.07) is 15.4. The van der Waals surface area contributed by atoms with Crippen molar-refractivity contribution < 1.29 is 0 Å². The zero-order valence-electron chi connectivity index (χ0n) is 11.2. The molecule has 0 saturated carbocycles. The first-order chi connectivity index (χ1) is 10.2. The molecule has 0 aliphatic carbocycles. The highest BCUT2D eigenvalue weighted by Gasteiger charge is 2.08. The quantitative estimate of drug-likeness (QED) is 0.715. The molecule has 0 N–H and O–H groups in total. The summed E-state index contributed by atoms with van der Waals surface area (Å²) >= 11 is 12.3. The van der Waals surface area contributed by atoms with E-state index in [1.807, 2.05) is 54.7 Å². The van der Waals surface area contributed by atoms with Gasteiger partial charge in [0.25, 0.3) is 0 Å². The number of hydrogen-bond acceptors (Lipinski definition) is 2. The minimum absolute atomic E-state index is 0.693. The summed E-state index contributed by atoms with van der Waals surface area (Å²) in [4.78, 5) is 0. The molecule has 0 bridgehead atoms. The first-order valence-corrected chi connectivity index (χ1v) is 7.39. The second-order valence-corrected chi connectivity index (χ2v) is 5.50. The number of aromatic nitrogens is 3. The predicted octanol–water partition coefficient (Wildman–Crippen LogP) is 4.36. The summed E-state index contributed by atoms with van der Waals surface area (Å²) in [5.74, 6) is 0. The van der Waals surface area contributed by atoms with Crippen LogP contribution in [-0.2, 0) is 12.8 Å². The highest BCUT2D eigenvalue weighted by atomic mass is 35.5. The van der Waals surface area contributed by atoms with Crippen LogP contribution in [0.25, 0.3) is 5.69 Å². The molecule has 0 unspecified atom stereocenters. The zero-order valence-corrected chi connectivity index (χ0v) is 12.7. The molecule has 1 aromatic heterocycles. The second kappa shape index (κ2) is 6.29. The normalized spacial score (nSPS) is 10.8. The molecule has 5 heteroatoms. The summed E-state index contributed by atoms with van der Waals surface area (Å²) in [6.07, 6.45) is 3.42. The maximum absolute atomic E-state index is 6.17. The minimum atomic E-state index is 0.693. The van der Waals surface area contributed by atoms with E-state index in [1.54, 1.807) is 4.68 Å². The van der Waals surface area contributed by atoms with Gasteiger partial charge in [-0.15, -0.1) is 5.10 Å². The SMILES string of the molecule is Clc1cccc(Cl)c1CCc1cn(-c2ccccc2)nn1. The van der Waals surface area contributed by atoms with Gasteiger partial charge in [-0.05, 0) is 42.7 Å². The molecule has 0 fully saturated rings. The number of aryl methyl sites for hydroxylation is 1. The van der Waals surface area contributed by atoms with Gasteiger partial charge in [0.05, 0.1) is 17.6 Å². The van der Waals surface area contributed by atoms with Crippen molar-refractivity contribution in [2.24, 2.45) is 0 Å². The van der Waals surface area contributed by atoms with Crippen LogP contribution in [0.4, 0.5) is 0 Å². The van der Waals surface area contributed by atoms with Crippen molar-refractivity contribution in [3.63, 3.8) is 0 Å². The molecule has 0 amide bonds. The molecule has 0 spiro atoms. The van der Waals surface area contributed by atoms with Crippen LogP contribution in [0.2, 0.25) is 10.0 Å². The largest absolute Gasteiger partial charge is 0.220 e. The maximum atomic E-state index is 6.17. The molecule has 0 atom stereocenters. The van der Waals surface area contributed by atoms with Crippen molar-refractivity contribution in [2.45, 2.75) is 12.8 Å². The number of para-hydroxylation sites is 1. The number of rotatable bonds is 4. The van der Waals surface area contributed by atoms with Crippen molar-refractivity contribution in [3.8, 4) is 5.69 Å². The molecule has 0 aliphatic heterocycles. The lowest BCUT2D eigenvalue weighted by molar-refractivity contribution is 0.794. The Morgan fingerprint density at radius 3 is 2.29 bits per heavy atom. The van der Waals surface area contributed by atoms with Crippen LogP contribution in [0.3, 0.4) is 0 Å². The Balaban J connectivity index is 1.74. The van der Waals surface area contributed by atoms with Crippen LogP contribution in [0.5, 0.6) is 0 Å². The van der Waals surface area contributed by atoms with E-state index in [0.29, 0.717) is 10.0 Å². The van der Waals surface area contributed by atoms with Gasteiger partial charge in [-0.25, -0.2) is 4.68 Å². The first kappa shape index (κ1) is 14.1. The van der Waals surface area contributed by atoms with Gasteiger partial charge in [-0.1, -0.05) is 52.7 Å². The third kappa shape index (κ3) is 3.26. The summed E-state index contributed by atoms with van der Waals surface area (Å²) in [5, 5.41) is 9.72. The van der Waals surface area contributed by atoms with Crippen LogP contribution in [0, 0.1) is 0 Å². The smallest absolute Gasteiger partial charge is 0.0835 e. The summed E-state index contributed by atoms with van der Waals surface area (Å²) in [5.41, 5.74) is 2.86. The van der Waals surface area contributed by atoms with Crippen molar-refractivity contribution in [1.29, 1.82) is 0 Å². The Morgan fingerprint density at radius 1 is 0.857 bits per heavy atom. The van der Waals surface area contributed by atoms with Crippen LogP contribution >= 0.6 is 23.2 Å². The number of hydrogen-bond donors (Lipinski definition) is 0. The van der Waals surface area contributed by atoms with E-state index in [1.165, 1.54) is 0 Å². The molecule has 0 saturated heterocycles. The molecule has 21 heavy (non-hydrogen) atoms. The average Bonchev–Trinajstić information content (AvgIpc) is 2.97. The fourth-order valence-corrected chi connectivity index (χ4v) is 2.73. The molecule has 3 nitrogen and oxygen atoms in total. The highest BCUT2D eigenvalue weighted by molar-refractivity contribution is 6.35. The zero-order chi connectivity index (χ0) is 14.7. The Bertz CT molecular complexity index is 718. The van der Waals surface area contributed by atoms with E-state index in [2.05, 4.69) is 10.3 Å². The van der Waals surface area contributed by atoms with E-state index in [9.17, 15) is 0 Å². The molecule has 3 aromatic rings. The third-order valence-electron chi connectivity index (χ3n) is 3.25. The Kier molecular flexibility index (Phi) is 4.23. The number of halogens is 2. The number of benzene rings is 2. The topological polar surface area (TPSA) is 30.7 Å². The van der Waals surface area contributed by atoms with Crippen molar-refractivity contribution in [1.82, 2.24) is 15.0 Å². The monoisotopic (exact) mass is 317 g/mol. The lowest BCUT2D eigenvalue weighted by Crippen LogP contribution is -1.94. The van der Waals surface area contributed by atoms with Gasteiger partial charge < -0.3 is 0 Å². The van der Waals surface area contributed by atoms with Crippen LogP contribution < -0.4 is 0 Å². The molecule has 106 valence electrons. The van der Waals surface area contributed by atoms with E-state index < -0.39 is 0 Å². The molecule has 2 aromatic carbocycles. The molecule has 1 heterocycles. The van der Waals surface area contributed by atoms with Gasteiger partial charge in [0.15, 0.2) is 0 Å². The second-order valence-electron chi connectivity index (χ2n) is 4.69. The lowest BCUT2D eigenvalue weighted by Gasteiger charge is -2.04. The molecule has 3 rings (SSSR count). The lowest BCUT2D eigenvalue weighted by atomic mass is 10.1. The summed E-state index contributed by atoms with van der Waals surface area (Å²) in [7, 11) is 0. The van der Waals surface area contributed by atoms with E-state index >= 15 is 0 Å². The molecular weight excluding hydrogens is 305 g/mol.